The van der Waals surface area contributed by atoms with Gasteiger partial charge in [0.1, 0.15) is 12.3 Å². The SMILES string of the molecule is CN(CC#N)C(=O)C(C)(C)Oc1ccc(Cl)cc1. The summed E-state index contributed by atoms with van der Waals surface area (Å²) in [4.78, 5) is 13.4. The van der Waals surface area contributed by atoms with E-state index in [1.807, 2.05) is 6.07 Å². The molecule has 1 amide bonds. The van der Waals surface area contributed by atoms with Crippen LogP contribution in [0.25, 0.3) is 0 Å². The maximum atomic E-state index is 12.0. The summed E-state index contributed by atoms with van der Waals surface area (Å²) in [5.41, 5.74) is -1.03. The van der Waals surface area contributed by atoms with Crippen molar-refractivity contribution in [2.45, 2.75) is 19.4 Å². The van der Waals surface area contributed by atoms with Crippen molar-refractivity contribution in [3.05, 3.63) is 29.3 Å². The Morgan fingerprint density at radius 3 is 2.50 bits per heavy atom. The van der Waals surface area contributed by atoms with Gasteiger partial charge in [0.2, 0.25) is 0 Å². The number of amides is 1. The van der Waals surface area contributed by atoms with Gasteiger partial charge in [-0.05, 0) is 38.1 Å². The van der Waals surface area contributed by atoms with Crippen molar-refractivity contribution in [3.63, 3.8) is 0 Å². The van der Waals surface area contributed by atoms with Gasteiger partial charge < -0.3 is 9.64 Å². The molecule has 0 N–H and O–H groups in total. The first-order valence-electron chi connectivity index (χ1n) is 5.44. The smallest absolute Gasteiger partial charge is 0.266 e. The van der Waals surface area contributed by atoms with E-state index in [0.29, 0.717) is 10.8 Å². The fourth-order valence-electron chi connectivity index (χ4n) is 1.48. The van der Waals surface area contributed by atoms with Crippen molar-refractivity contribution in [2.75, 3.05) is 13.6 Å². The number of carbonyl (C=O) groups excluding carboxylic acids is 1. The monoisotopic (exact) mass is 266 g/mol. The third-order valence-electron chi connectivity index (χ3n) is 2.36. The first-order chi connectivity index (χ1) is 8.36. The molecule has 0 aromatic heterocycles. The number of hydrogen-bond donors (Lipinski definition) is 0. The van der Waals surface area contributed by atoms with E-state index in [2.05, 4.69) is 0 Å². The van der Waals surface area contributed by atoms with Crippen LogP contribution in [0.5, 0.6) is 5.75 Å². The normalized spacial score (nSPS) is 10.6. The zero-order chi connectivity index (χ0) is 13.8. The third kappa shape index (κ3) is 3.64. The molecule has 0 aliphatic carbocycles. The van der Waals surface area contributed by atoms with Gasteiger partial charge in [-0.1, -0.05) is 11.6 Å². The van der Waals surface area contributed by atoms with Gasteiger partial charge in [-0.2, -0.15) is 5.26 Å². The highest BCUT2D eigenvalue weighted by Gasteiger charge is 2.32. The summed E-state index contributed by atoms with van der Waals surface area (Å²) in [7, 11) is 1.57. The number of rotatable bonds is 4. The Labute approximate surface area is 112 Å². The van der Waals surface area contributed by atoms with Crippen LogP contribution in [-0.4, -0.2) is 30.0 Å². The number of nitriles is 1. The lowest BCUT2D eigenvalue weighted by Gasteiger charge is -2.28. The van der Waals surface area contributed by atoms with Crippen LogP contribution >= 0.6 is 11.6 Å². The van der Waals surface area contributed by atoms with Crippen LogP contribution in [0.1, 0.15) is 13.8 Å². The summed E-state index contributed by atoms with van der Waals surface area (Å²) < 4.78 is 5.63. The van der Waals surface area contributed by atoms with Gasteiger partial charge in [-0.25, -0.2) is 0 Å². The van der Waals surface area contributed by atoms with E-state index in [1.165, 1.54) is 4.90 Å². The lowest BCUT2D eigenvalue weighted by Crippen LogP contribution is -2.47. The molecule has 0 atom stereocenters. The predicted octanol–water partition coefficient (Wildman–Crippen LogP) is 2.48. The lowest BCUT2D eigenvalue weighted by atomic mass is 10.1. The topological polar surface area (TPSA) is 53.3 Å². The van der Waals surface area contributed by atoms with E-state index in [0.717, 1.165) is 0 Å². The number of likely N-dealkylation sites (N-methyl/N-ethyl adjacent to an activating group) is 1. The van der Waals surface area contributed by atoms with Gasteiger partial charge in [-0.15, -0.1) is 0 Å². The standard InChI is InChI=1S/C13H15ClN2O2/c1-13(2,12(17)16(3)9-8-15)18-11-6-4-10(14)5-7-11/h4-7H,9H2,1-3H3. The molecule has 5 heteroatoms. The van der Waals surface area contributed by atoms with Crippen LogP contribution in [0, 0.1) is 11.3 Å². The minimum atomic E-state index is -1.03. The Hall–Kier alpha value is -1.73. The van der Waals surface area contributed by atoms with E-state index in [-0.39, 0.29) is 12.5 Å². The van der Waals surface area contributed by atoms with Crippen molar-refractivity contribution in [2.24, 2.45) is 0 Å². The zero-order valence-corrected chi connectivity index (χ0v) is 11.4. The van der Waals surface area contributed by atoms with Gasteiger partial charge in [0.25, 0.3) is 5.91 Å². The van der Waals surface area contributed by atoms with Crippen LogP contribution in [0.4, 0.5) is 0 Å². The molecule has 0 radical (unpaired) electrons. The summed E-state index contributed by atoms with van der Waals surface area (Å²) in [6.45, 7) is 3.36. The first-order valence-corrected chi connectivity index (χ1v) is 5.81. The second-order valence-electron chi connectivity index (χ2n) is 4.39. The fourth-order valence-corrected chi connectivity index (χ4v) is 1.60. The molecule has 18 heavy (non-hydrogen) atoms. The van der Waals surface area contributed by atoms with Gasteiger partial charge in [-0.3, -0.25) is 4.79 Å². The van der Waals surface area contributed by atoms with Gasteiger partial charge >= 0.3 is 0 Å². The maximum absolute atomic E-state index is 12.0. The third-order valence-corrected chi connectivity index (χ3v) is 2.61. The molecular weight excluding hydrogens is 252 g/mol. The molecule has 0 aliphatic rings. The second-order valence-corrected chi connectivity index (χ2v) is 4.82. The van der Waals surface area contributed by atoms with Crippen molar-refractivity contribution in [1.82, 2.24) is 4.90 Å². The summed E-state index contributed by atoms with van der Waals surface area (Å²) in [5.74, 6) is 0.308. The summed E-state index contributed by atoms with van der Waals surface area (Å²) in [6.07, 6.45) is 0. The minimum Gasteiger partial charge on any atom is -0.478 e. The molecule has 0 saturated heterocycles. The second kappa shape index (κ2) is 5.74. The van der Waals surface area contributed by atoms with Gasteiger partial charge in [0, 0.05) is 12.1 Å². The van der Waals surface area contributed by atoms with Gasteiger partial charge in [0.15, 0.2) is 5.60 Å². The van der Waals surface area contributed by atoms with E-state index < -0.39 is 5.60 Å². The molecule has 0 heterocycles. The van der Waals surface area contributed by atoms with Crippen LogP contribution in [0.3, 0.4) is 0 Å². The number of halogens is 1. The quantitative estimate of drug-likeness (QED) is 0.787. The average molecular weight is 267 g/mol. The van der Waals surface area contributed by atoms with Crippen LogP contribution in [-0.2, 0) is 4.79 Å². The molecule has 0 spiro atoms. The number of nitrogens with zero attached hydrogens (tertiary/aromatic N) is 2. The Bertz CT molecular complexity index is 463. The minimum absolute atomic E-state index is 0.0340. The Morgan fingerprint density at radius 2 is 2.00 bits per heavy atom. The van der Waals surface area contributed by atoms with Crippen molar-refractivity contribution >= 4 is 17.5 Å². The highest BCUT2D eigenvalue weighted by atomic mass is 35.5. The van der Waals surface area contributed by atoms with Gasteiger partial charge in [0.05, 0.1) is 6.07 Å². The summed E-state index contributed by atoms with van der Waals surface area (Å²) in [6, 6.07) is 8.70. The number of ether oxygens (including phenoxy) is 1. The van der Waals surface area contributed by atoms with E-state index in [9.17, 15) is 4.79 Å². The molecule has 0 fully saturated rings. The first kappa shape index (κ1) is 14.3. The number of benzene rings is 1. The molecule has 1 aromatic rings. The van der Waals surface area contributed by atoms with Crippen LogP contribution in [0.15, 0.2) is 24.3 Å². The molecule has 0 bridgehead atoms. The number of hydrogen-bond acceptors (Lipinski definition) is 3. The van der Waals surface area contributed by atoms with Crippen LogP contribution in [0.2, 0.25) is 5.02 Å². The van der Waals surface area contributed by atoms with Crippen LogP contribution < -0.4 is 4.74 Å². The summed E-state index contributed by atoms with van der Waals surface area (Å²) in [5, 5.41) is 9.18. The molecule has 0 saturated carbocycles. The Morgan fingerprint density at radius 1 is 1.44 bits per heavy atom. The zero-order valence-electron chi connectivity index (χ0n) is 10.6. The lowest BCUT2D eigenvalue weighted by molar-refractivity contribution is -0.143. The van der Waals surface area contributed by atoms with Crippen molar-refractivity contribution < 1.29 is 9.53 Å². The average Bonchev–Trinajstić information content (AvgIpc) is 2.31. The van der Waals surface area contributed by atoms with E-state index >= 15 is 0 Å². The molecule has 1 aromatic carbocycles. The maximum Gasteiger partial charge on any atom is 0.266 e. The predicted molar refractivity (Wildman–Crippen MR) is 69.4 cm³/mol. The van der Waals surface area contributed by atoms with E-state index in [4.69, 9.17) is 21.6 Å². The Kier molecular flexibility index (Phi) is 4.57. The number of carbonyl (C=O) groups is 1. The summed E-state index contributed by atoms with van der Waals surface area (Å²) >= 11 is 5.77. The molecule has 0 unspecified atom stereocenters. The van der Waals surface area contributed by atoms with Crippen molar-refractivity contribution in [3.8, 4) is 11.8 Å². The molecule has 1 rings (SSSR count). The molecule has 4 nitrogen and oxygen atoms in total. The fraction of sp³-hybridized carbons (Fsp3) is 0.385. The molecule has 0 aliphatic heterocycles. The van der Waals surface area contributed by atoms with E-state index in [1.54, 1.807) is 45.2 Å². The molecule has 96 valence electrons. The Balaban J connectivity index is 2.78. The highest BCUT2D eigenvalue weighted by molar-refractivity contribution is 6.30. The van der Waals surface area contributed by atoms with Crippen molar-refractivity contribution in [1.29, 1.82) is 5.26 Å². The largest absolute Gasteiger partial charge is 0.478 e. The highest BCUT2D eigenvalue weighted by Crippen LogP contribution is 2.21. The molecular formula is C13H15ClN2O2.